The van der Waals surface area contributed by atoms with Crippen LogP contribution in [0.2, 0.25) is 0 Å². The largest absolute Gasteiger partial charge is 0.381 e. The maximum atomic E-state index is 5.65. The maximum Gasteiger partial charge on any atom is 0.0512 e. The minimum absolute atomic E-state index is 0.439. The van der Waals surface area contributed by atoms with E-state index in [9.17, 15) is 0 Å². The number of nitrogens with one attached hydrogen (secondary N) is 1. The van der Waals surface area contributed by atoms with Crippen LogP contribution in [0.5, 0.6) is 0 Å². The van der Waals surface area contributed by atoms with Crippen LogP contribution < -0.4 is 5.32 Å². The Hall–Kier alpha value is -0.860. The molecule has 2 heteroatoms. The van der Waals surface area contributed by atoms with Crippen LogP contribution in [0.15, 0.2) is 18.2 Å². The van der Waals surface area contributed by atoms with Gasteiger partial charge in [-0.1, -0.05) is 36.2 Å². The summed E-state index contributed by atoms with van der Waals surface area (Å²) in [7, 11) is 0. The average Bonchev–Trinajstić information content (AvgIpc) is 2.36. The highest BCUT2D eigenvalue weighted by molar-refractivity contribution is 5.31. The van der Waals surface area contributed by atoms with E-state index < -0.39 is 0 Å². The second kappa shape index (κ2) is 6.35. The van der Waals surface area contributed by atoms with Crippen molar-refractivity contribution in [2.24, 2.45) is 5.92 Å². The fourth-order valence-corrected chi connectivity index (χ4v) is 2.99. The topological polar surface area (TPSA) is 21.3 Å². The van der Waals surface area contributed by atoms with Gasteiger partial charge < -0.3 is 10.1 Å². The van der Waals surface area contributed by atoms with E-state index in [1.807, 2.05) is 0 Å². The minimum Gasteiger partial charge on any atom is -0.381 e. The Morgan fingerprint density at radius 1 is 1.28 bits per heavy atom. The number of hydrogen-bond donors (Lipinski definition) is 1. The van der Waals surface area contributed by atoms with Crippen molar-refractivity contribution >= 4 is 0 Å². The lowest BCUT2D eigenvalue weighted by Gasteiger charge is -2.31. The lowest BCUT2D eigenvalue weighted by atomic mass is 9.87. The second-order valence-electron chi connectivity index (χ2n) is 5.43. The first-order chi connectivity index (χ1) is 8.70. The molecule has 0 saturated carbocycles. The molecule has 0 aromatic heterocycles. The van der Waals surface area contributed by atoms with Crippen molar-refractivity contribution in [1.29, 1.82) is 0 Å². The monoisotopic (exact) mass is 247 g/mol. The number of hydrogen-bond acceptors (Lipinski definition) is 2. The van der Waals surface area contributed by atoms with Crippen molar-refractivity contribution in [3.05, 3.63) is 34.9 Å². The molecule has 0 radical (unpaired) electrons. The molecule has 2 unspecified atom stereocenters. The Balaban J connectivity index is 2.22. The van der Waals surface area contributed by atoms with E-state index in [4.69, 9.17) is 4.74 Å². The molecule has 1 saturated heterocycles. The molecule has 0 amide bonds. The molecule has 2 nitrogen and oxygen atoms in total. The summed E-state index contributed by atoms with van der Waals surface area (Å²) in [5.41, 5.74) is 4.12. The molecule has 1 N–H and O–H groups in total. The Kier molecular flexibility index (Phi) is 4.79. The SMILES string of the molecule is CCNC(c1cc(C)cc(C)c1)C1CCCOC1. The van der Waals surface area contributed by atoms with Crippen LogP contribution in [0, 0.1) is 19.8 Å². The van der Waals surface area contributed by atoms with Crippen molar-refractivity contribution in [2.45, 2.75) is 39.7 Å². The second-order valence-corrected chi connectivity index (χ2v) is 5.43. The van der Waals surface area contributed by atoms with Crippen LogP contribution in [0.3, 0.4) is 0 Å². The highest BCUT2D eigenvalue weighted by atomic mass is 16.5. The zero-order valence-corrected chi connectivity index (χ0v) is 11.8. The standard InChI is InChI=1S/C16H25NO/c1-4-17-16(14-6-5-7-18-11-14)15-9-12(2)8-13(3)10-15/h8-10,14,16-17H,4-7,11H2,1-3H3. The first-order valence-electron chi connectivity index (χ1n) is 7.10. The van der Waals surface area contributed by atoms with Crippen molar-refractivity contribution in [1.82, 2.24) is 5.32 Å². The van der Waals surface area contributed by atoms with Gasteiger partial charge in [0, 0.05) is 18.6 Å². The number of ether oxygens (including phenoxy) is 1. The Morgan fingerprint density at radius 3 is 2.56 bits per heavy atom. The quantitative estimate of drug-likeness (QED) is 0.880. The number of aryl methyl sites for hydroxylation is 2. The van der Waals surface area contributed by atoms with Crippen LogP contribution in [0.1, 0.15) is 42.5 Å². The van der Waals surface area contributed by atoms with Gasteiger partial charge in [-0.3, -0.25) is 0 Å². The van der Waals surface area contributed by atoms with E-state index in [0.29, 0.717) is 12.0 Å². The zero-order valence-electron chi connectivity index (χ0n) is 11.8. The minimum atomic E-state index is 0.439. The summed E-state index contributed by atoms with van der Waals surface area (Å²) in [5, 5.41) is 3.64. The summed E-state index contributed by atoms with van der Waals surface area (Å²) in [6.07, 6.45) is 2.46. The lowest BCUT2D eigenvalue weighted by Crippen LogP contribution is -2.33. The molecular formula is C16H25NO. The summed E-state index contributed by atoms with van der Waals surface area (Å²) in [4.78, 5) is 0. The Morgan fingerprint density at radius 2 is 2.00 bits per heavy atom. The molecule has 18 heavy (non-hydrogen) atoms. The van der Waals surface area contributed by atoms with Gasteiger partial charge in [0.05, 0.1) is 6.61 Å². The summed E-state index contributed by atoms with van der Waals surface area (Å²) in [6.45, 7) is 9.37. The third-order valence-corrected chi connectivity index (χ3v) is 3.69. The number of rotatable bonds is 4. The van der Waals surface area contributed by atoms with Gasteiger partial charge in [-0.2, -0.15) is 0 Å². The Bertz CT molecular complexity index is 362. The van der Waals surface area contributed by atoms with E-state index in [1.54, 1.807) is 0 Å². The summed E-state index contributed by atoms with van der Waals surface area (Å²) < 4.78 is 5.65. The van der Waals surface area contributed by atoms with Crippen LogP contribution in [0.25, 0.3) is 0 Å². The molecule has 0 spiro atoms. The van der Waals surface area contributed by atoms with E-state index in [0.717, 1.165) is 19.8 Å². The van der Waals surface area contributed by atoms with Gasteiger partial charge in [0.15, 0.2) is 0 Å². The zero-order chi connectivity index (χ0) is 13.0. The van der Waals surface area contributed by atoms with E-state index in [1.165, 1.54) is 29.5 Å². The van der Waals surface area contributed by atoms with Crippen LogP contribution in [-0.4, -0.2) is 19.8 Å². The predicted molar refractivity (Wildman–Crippen MR) is 75.9 cm³/mol. The van der Waals surface area contributed by atoms with Gasteiger partial charge in [0.2, 0.25) is 0 Å². The summed E-state index contributed by atoms with van der Waals surface area (Å²) in [6, 6.07) is 7.31. The van der Waals surface area contributed by atoms with Gasteiger partial charge in [-0.05, 0) is 38.8 Å². The van der Waals surface area contributed by atoms with Crippen molar-refractivity contribution in [3.8, 4) is 0 Å². The highest BCUT2D eigenvalue weighted by Crippen LogP contribution is 2.29. The van der Waals surface area contributed by atoms with E-state index in [2.05, 4.69) is 44.3 Å². The Labute approximate surface area is 111 Å². The van der Waals surface area contributed by atoms with Gasteiger partial charge in [0.1, 0.15) is 0 Å². The molecule has 2 atom stereocenters. The predicted octanol–water partition coefficient (Wildman–Crippen LogP) is 3.38. The molecule has 100 valence electrons. The number of benzene rings is 1. The normalized spacial score (nSPS) is 21.8. The molecule has 1 aliphatic heterocycles. The highest BCUT2D eigenvalue weighted by Gasteiger charge is 2.25. The molecule has 1 aliphatic rings. The molecule has 1 aromatic carbocycles. The van der Waals surface area contributed by atoms with E-state index >= 15 is 0 Å². The lowest BCUT2D eigenvalue weighted by molar-refractivity contribution is 0.0392. The van der Waals surface area contributed by atoms with Gasteiger partial charge >= 0.3 is 0 Å². The molecule has 1 fully saturated rings. The average molecular weight is 247 g/mol. The van der Waals surface area contributed by atoms with Crippen LogP contribution >= 0.6 is 0 Å². The first kappa shape index (κ1) is 13.6. The van der Waals surface area contributed by atoms with Crippen LogP contribution in [0.4, 0.5) is 0 Å². The fraction of sp³-hybridized carbons (Fsp3) is 0.625. The third kappa shape index (κ3) is 3.33. The molecule has 0 bridgehead atoms. The van der Waals surface area contributed by atoms with E-state index in [-0.39, 0.29) is 0 Å². The van der Waals surface area contributed by atoms with Crippen LogP contribution in [-0.2, 0) is 4.74 Å². The summed E-state index contributed by atoms with van der Waals surface area (Å²) >= 11 is 0. The van der Waals surface area contributed by atoms with Crippen molar-refractivity contribution in [2.75, 3.05) is 19.8 Å². The fourth-order valence-electron chi connectivity index (χ4n) is 2.99. The third-order valence-electron chi connectivity index (χ3n) is 3.69. The molecular weight excluding hydrogens is 222 g/mol. The smallest absolute Gasteiger partial charge is 0.0512 e. The molecule has 1 aromatic rings. The molecule has 2 rings (SSSR count). The van der Waals surface area contributed by atoms with Crippen molar-refractivity contribution in [3.63, 3.8) is 0 Å². The van der Waals surface area contributed by atoms with Gasteiger partial charge in [0.25, 0.3) is 0 Å². The molecule has 0 aliphatic carbocycles. The summed E-state index contributed by atoms with van der Waals surface area (Å²) in [5.74, 6) is 0.611. The molecule has 1 heterocycles. The van der Waals surface area contributed by atoms with Gasteiger partial charge in [-0.15, -0.1) is 0 Å². The van der Waals surface area contributed by atoms with Gasteiger partial charge in [-0.25, -0.2) is 0 Å². The van der Waals surface area contributed by atoms with Crippen molar-refractivity contribution < 1.29 is 4.74 Å². The first-order valence-corrected chi connectivity index (χ1v) is 7.10. The maximum absolute atomic E-state index is 5.65.